The molecule has 0 aromatic heterocycles. The van der Waals surface area contributed by atoms with Crippen LogP contribution in [-0.2, 0) is 4.79 Å². The molecule has 1 aromatic rings. The molecule has 0 unspecified atom stereocenters. The number of hydrogen-bond acceptors (Lipinski definition) is 3. The molecule has 1 rings (SSSR count). The van der Waals surface area contributed by atoms with Gasteiger partial charge in [0.25, 0.3) is 6.43 Å². The zero-order valence-electron chi connectivity index (χ0n) is 11.2. The highest BCUT2D eigenvalue weighted by Crippen LogP contribution is 2.23. The fourth-order valence-corrected chi connectivity index (χ4v) is 1.28. The molecule has 0 heterocycles. The quantitative estimate of drug-likeness (QED) is 0.864. The Bertz CT molecular complexity index is 456. The van der Waals surface area contributed by atoms with Gasteiger partial charge in [0, 0.05) is 11.8 Å². The van der Waals surface area contributed by atoms with E-state index in [1.54, 1.807) is 32.9 Å². The number of carbonyl (C=O) groups excluding carboxylic acids is 1. The maximum atomic E-state index is 12.1. The van der Waals surface area contributed by atoms with Crippen LogP contribution in [0.1, 0.15) is 19.4 Å². The van der Waals surface area contributed by atoms with Crippen molar-refractivity contribution < 1.29 is 18.3 Å². The van der Waals surface area contributed by atoms with Crippen LogP contribution in [0.3, 0.4) is 0 Å². The first kappa shape index (κ1) is 15.4. The summed E-state index contributed by atoms with van der Waals surface area (Å²) in [6.45, 7) is 4.20. The number of carbonyl (C=O) groups is 1. The summed E-state index contributed by atoms with van der Waals surface area (Å²) in [6, 6.07) is 4.84. The molecule has 106 valence electrons. The lowest BCUT2D eigenvalue weighted by Gasteiger charge is -2.18. The second-order valence-electron chi connectivity index (χ2n) is 4.86. The van der Waals surface area contributed by atoms with Crippen LogP contribution < -0.4 is 15.8 Å². The number of amides is 1. The van der Waals surface area contributed by atoms with Gasteiger partial charge in [0.05, 0.1) is 5.54 Å². The topological polar surface area (TPSA) is 64.4 Å². The van der Waals surface area contributed by atoms with Gasteiger partial charge in [-0.2, -0.15) is 0 Å². The number of aryl methyl sites for hydroxylation is 1. The normalized spacial score (nSPS) is 11.5. The van der Waals surface area contributed by atoms with E-state index in [0.717, 1.165) is 0 Å². The zero-order chi connectivity index (χ0) is 14.6. The van der Waals surface area contributed by atoms with E-state index in [2.05, 4.69) is 5.32 Å². The molecule has 0 saturated heterocycles. The van der Waals surface area contributed by atoms with Crippen molar-refractivity contribution in [1.29, 1.82) is 0 Å². The molecule has 1 aromatic carbocycles. The minimum atomic E-state index is -2.54. The number of benzene rings is 1. The van der Waals surface area contributed by atoms with Crippen LogP contribution in [-0.4, -0.2) is 24.5 Å². The molecular formula is C13H18F2N2O2. The molecule has 4 nitrogen and oxygen atoms in total. The van der Waals surface area contributed by atoms with Gasteiger partial charge in [-0.1, -0.05) is 6.07 Å². The van der Waals surface area contributed by atoms with Gasteiger partial charge in [-0.3, -0.25) is 4.79 Å². The fourth-order valence-electron chi connectivity index (χ4n) is 1.28. The molecule has 6 heteroatoms. The maximum Gasteiger partial charge on any atom is 0.272 e. The average molecular weight is 272 g/mol. The molecule has 0 atom stereocenters. The van der Waals surface area contributed by atoms with Crippen molar-refractivity contribution in [3.63, 3.8) is 0 Å². The lowest BCUT2D eigenvalue weighted by molar-refractivity contribution is -0.120. The van der Waals surface area contributed by atoms with Crippen LogP contribution in [0.25, 0.3) is 0 Å². The molecule has 0 aliphatic rings. The van der Waals surface area contributed by atoms with Crippen molar-refractivity contribution in [3.05, 3.63) is 23.8 Å². The Hall–Kier alpha value is -1.69. The van der Waals surface area contributed by atoms with E-state index in [-0.39, 0.29) is 5.91 Å². The van der Waals surface area contributed by atoms with Gasteiger partial charge in [0.2, 0.25) is 5.91 Å². The van der Waals surface area contributed by atoms with Gasteiger partial charge in [0.1, 0.15) is 12.4 Å². The van der Waals surface area contributed by atoms with Gasteiger partial charge < -0.3 is 15.8 Å². The van der Waals surface area contributed by atoms with E-state index in [1.165, 1.54) is 6.07 Å². The number of anilines is 1. The van der Waals surface area contributed by atoms with Crippen molar-refractivity contribution in [2.75, 3.05) is 11.9 Å². The van der Waals surface area contributed by atoms with Crippen LogP contribution in [0, 0.1) is 6.92 Å². The van der Waals surface area contributed by atoms with Gasteiger partial charge in [-0.25, -0.2) is 8.78 Å². The van der Waals surface area contributed by atoms with Crippen molar-refractivity contribution in [2.45, 2.75) is 32.7 Å². The summed E-state index contributed by atoms with van der Waals surface area (Å²) in [7, 11) is 0. The Morgan fingerprint density at radius 2 is 2.11 bits per heavy atom. The van der Waals surface area contributed by atoms with Crippen molar-refractivity contribution >= 4 is 11.6 Å². The number of halogens is 2. The first-order chi connectivity index (χ1) is 8.70. The molecule has 0 bridgehead atoms. The van der Waals surface area contributed by atoms with E-state index in [1.807, 2.05) is 0 Å². The van der Waals surface area contributed by atoms with E-state index >= 15 is 0 Å². The summed E-state index contributed by atoms with van der Waals surface area (Å²) in [5, 5.41) is 2.61. The maximum absolute atomic E-state index is 12.1. The van der Waals surface area contributed by atoms with E-state index in [0.29, 0.717) is 17.0 Å². The Balaban J connectivity index is 2.81. The number of ether oxygens (including phenoxy) is 1. The third-order valence-electron chi connectivity index (χ3n) is 2.40. The Labute approximate surface area is 110 Å². The highest BCUT2D eigenvalue weighted by Gasteiger charge is 2.22. The molecular weight excluding hydrogens is 254 g/mol. The van der Waals surface area contributed by atoms with Crippen LogP contribution in [0.2, 0.25) is 0 Å². The number of nitrogens with two attached hydrogens (primary N) is 1. The molecule has 0 radical (unpaired) electrons. The Morgan fingerprint density at radius 3 is 2.63 bits per heavy atom. The summed E-state index contributed by atoms with van der Waals surface area (Å²) in [6.07, 6.45) is -2.54. The third kappa shape index (κ3) is 4.82. The lowest BCUT2D eigenvalue weighted by Crippen LogP contribution is -2.45. The summed E-state index contributed by atoms with van der Waals surface area (Å²) in [5.41, 5.74) is 5.80. The van der Waals surface area contributed by atoms with Crippen LogP contribution >= 0.6 is 0 Å². The molecule has 0 fully saturated rings. The van der Waals surface area contributed by atoms with Gasteiger partial charge >= 0.3 is 0 Å². The summed E-state index contributed by atoms with van der Waals surface area (Å²) < 4.78 is 29.2. The first-order valence-electron chi connectivity index (χ1n) is 5.82. The smallest absolute Gasteiger partial charge is 0.272 e. The summed E-state index contributed by atoms with van der Waals surface area (Å²) in [5.74, 6) is -0.0518. The first-order valence-corrected chi connectivity index (χ1v) is 5.82. The van der Waals surface area contributed by atoms with Crippen LogP contribution in [0.5, 0.6) is 5.75 Å². The predicted octanol–water partition coefficient (Wildman–Crippen LogP) is 2.31. The van der Waals surface area contributed by atoms with Crippen LogP contribution in [0.15, 0.2) is 18.2 Å². The standard InChI is InChI=1S/C13H18F2N2O2/c1-8-4-5-9(17-12(18)13(2,3)16)6-10(8)19-7-11(14)15/h4-6,11H,7,16H2,1-3H3,(H,17,18). The van der Waals surface area contributed by atoms with Crippen molar-refractivity contribution in [3.8, 4) is 5.75 Å². The van der Waals surface area contributed by atoms with Crippen molar-refractivity contribution in [2.24, 2.45) is 5.73 Å². The molecule has 0 aliphatic heterocycles. The van der Waals surface area contributed by atoms with Gasteiger partial charge in [-0.05, 0) is 32.4 Å². The second-order valence-corrected chi connectivity index (χ2v) is 4.86. The minimum Gasteiger partial charge on any atom is -0.487 e. The number of alkyl halides is 2. The molecule has 0 aliphatic carbocycles. The highest BCUT2D eigenvalue weighted by atomic mass is 19.3. The van der Waals surface area contributed by atoms with Gasteiger partial charge in [-0.15, -0.1) is 0 Å². The second kappa shape index (κ2) is 5.97. The van der Waals surface area contributed by atoms with Crippen LogP contribution in [0.4, 0.5) is 14.5 Å². The number of nitrogens with one attached hydrogen (secondary N) is 1. The average Bonchev–Trinajstić information content (AvgIpc) is 2.28. The third-order valence-corrected chi connectivity index (χ3v) is 2.40. The number of hydrogen-bond donors (Lipinski definition) is 2. The molecule has 0 spiro atoms. The SMILES string of the molecule is Cc1ccc(NC(=O)C(C)(C)N)cc1OCC(F)F. The van der Waals surface area contributed by atoms with E-state index in [4.69, 9.17) is 10.5 Å². The largest absolute Gasteiger partial charge is 0.487 e. The molecule has 1 amide bonds. The molecule has 3 N–H and O–H groups in total. The van der Waals surface area contributed by atoms with Crippen molar-refractivity contribution in [1.82, 2.24) is 0 Å². The Morgan fingerprint density at radius 1 is 1.47 bits per heavy atom. The minimum absolute atomic E-state index is 0.313. The summed E-state index contributed by atoms with van der Waals surface area (Å²) in [4.78, 5) is 11.7. The predicted molar refractivity (Wildman–Crippen MR) is 69.6 cm³/mol. The molecule has 19 heavy (non-hydrogen) atoms. The van der Waals surface area contributed by atoms with E-state index < -0.39 is 18.6 Å². The Kier molecular flexibility index (Phi) is 4.83. The molecule has 0 saturated carbocycles. The lowest BCUT2D eigenvalue weighted by atomic mass is 10.1. The van der Waals surface area contributed by atoms with Gasteiger partial charge in [0.15, 0.2) is 0 Å². The zero-order valence-corrected chi connectivity index (χ0v) is 11.2. The highest BCUT2D eigenvalue weighted by molar-refractivity contribution is 5.97. The summed E-state index contributed by atoms with van der Waals surface area (Å²) >= 11 is 0. The fraction of sp³-hybridized carbons (Fsp3) is 0.462. The van der Waals surface area contributed by atoms with E-state index in [9.17, 15) is 13.6 Å². The monoisotopic (exact) mass is 272 g/mol. The number of rotatable bonds is 5.